The highest BCUT2D eigenvalue weighted by atomic mass is 16.7. The zero-order valence-electron chi connectivity index (χ0n) is 13.8. The number of hydrogen-bond donors (Lipinski definition) is 1. The Morgan fingerprint density at radius 2 is 2.18 bits per heavy atom. The average Bonchev–Trinajstić information content (AvgIpc) is 3.30. The molecule has 2 aliphatic rings. The van der Waals surface area contributed by atoms with Crippen LogP contribution in [-0.4, -0.2) is 18.1 Å². The van der Waals surface area contributed by atoms with E-state index in [2.05, 4.69) is 39.0 Å². The van der Waals surface area contributed by atoms with E-state index in [4.69, 9.17) is 10.6 Å². The van der Waals surface area contributed by atoms with Gasteiger partial charge in [0.25, 0.3) is 0 Å². The summed E-state index contributed by atoms with van der Waals surface area (Å²) in [6, 6.07) is 6.14. The van der Waals surface area contributed by atoms with Gasteiger partial charge in [-0.2, -0.15) is 0 Å². The molecule has 120 valence electrons. The number of aryl methyl sites for hydroxylation is 1. The van der Waals surface area contributed by atoms with E-state index in [0.29, 0.717) is 6.42 Å². The summed E-state index contributed by atoms with van der Waals surface area (Å²) in [6.45, 7) is 6.35. The highest BCUT2D eigenvalue weighted by Crippen LogP contribution is 2.57. The second-order valence-electron chi connectivity index (χ2n) is 6.64. The largest absolute Gasteiger partial charge is 0.368 e. The van der Waals surface area contributed by atoms with Crippen LogP contribution in [0.2, 0.25) is 0 Å². The van der Waals surface area contributed by atoms with Crippen molar-refractivity contribution in [3.05, 3.63) is 29.3 Å². The number of fused-ring (bicyclic) bond motifs is 2. The van der Waals surface area contributed by atoms with Crippen LogP contribution in [0.5, 0.6) is 0 Å². The van der Waals surface area contributed by atoms with Crippen LogP contribution in [0, 0.1) is 0 Å². The number of primary amides is 1. The van der Waals surface area contributed by atoms with E-state index in [9.17, 15) is 4.79 Å². The summed E-state index contributed by atoms with van der Waals surface area (Å²) in [5.41, 5.74) is 9.49. The van der Waals surface area contributed by atoms with Crippen LogP contribution >= 0.6 is 0 Å². The Bertz CT molecular complexity index is 580. The van der Waals surface area contributed by atoms with Gasteiger partial charge in [0.1, 0.15) is 6.04 Å². The van der Waals surface area contributed by atoms with Crippen molar-refractivity contribution in [2.24, 2.45) is 5.73 Å². The van der Waals surface area contributed by atoms with E-state index in [1.54, 1.807) is 5.06 Å². The molecule has 1 aromatic carbocycles. The fraction of sp³-hybridized carbons (Fsp3) is 0.611. The normalized spacial score (nSPS) is 23.2. The van der Waals surface area contributed by atoms with Crippen LogP contribution in [0.25, 0.3) is 0 Å². The lowest BCUT2D eigenvalue weighted by Crippen LogP contribution is -2.51. The zero-order valence-corrected chi connectivity index (χ0v) is 13.8. The van der Waals surface area contributed by atoms with Gasteiger partial charge in [-0.3, -0.25) is 9.63 Å². The smallest absolute Gasteiger partial charge is 0.242 e. The number of benzene rings is 1. The third-order valence-electron chi connectivity index (χ3n) is 5.26. The van der Waals surface area contributed by atoms with Crippen LogP contribution < -0.4 is 10.8 Å². The number of nitrogens with zero attached hydrogens (tertiary/aromatic N) is 1. The first-order chi connectivity index (χ1) is 10.5. The van der Waals surface area contributed by atoms with Gasteiger partial charge in [-0.25, -0.2) is 5.06 Å². The number of hydroxylamine groups is 1. The van der Waals surface area contributed by atoms with Crippen molar-refractivity contribution in [2.45, 2.75) is 70.4 Å². The fourth-order valence-electron chi connectivity index (χ4n) is 3.64. The lowest BCUT2D eigenvalue weighted by Gasteiger charge is -2.42. The van der Waals surface area contributed by atoms with E-state index in [1.165, 1.54) is 11.1 Å². The number of hydrogen-bond acceptors (Lipinski definition) is 3. The summed E-state index contributed by atoms with van der Waals surface area (Å²) in [5, 5.41) is 1.79. The Labute approximate surface area is 132 Å². The highest BCUT2D eigenvalue weighted by molar-refractivity contribution is 5.84. The number of anilines is 1. The topological polar surface area (TPSA) is 55.6 Å². The van der Waals surface area contributed by atoms with E-state index in [0.717, 1.165) is 31.4 Å². The molecule has 2 N–H and O–H groups in total. The number of carbonyl (C=O) groups excluding carboxylic acids is 1. The molecular weight excluding hydrogens is 276 g/mol. The number of rotatable bonds is 5. The van der Waals surface area contributed by atoms with Crippen molar-refractivity contribution in [2.75, 3.05) is 5.06 Å². The van der Waals surface area contributed by atoms with Crippen molar-refractivity contribution < 1.29 is 9.63 Å². The maximum absolute atomic E-state index is 11.9. The molecule has 3 rings (SSSR count). The molecule has 0 saturated heterocycles. The number of carbonyl (C=O) groups is 1. The van der Waals surface area contributed by atoms with Crippen LogP contribution in [-0.2, 0) is 21.5 Å². The molecule has 1 aliphatic heterocycles. The maximum Gasteiger partial charge on any atom is 0.242 e. The molecule has 0 radical (unpaired) electrons. The van der Waals surface area contributed by atoms with Crippen LogP contribution in [0.15, 0.2) is 18.2 Å². The summed E-state index contributed by atoms with van der Waals surface area (Å²) < 4.78 is 0. The Balaban J connectivity index is 2.06. The molecule has 1 heterocycles. The lowest BCUT2D eigenvalue weighted by molar-refractivity contribution is -0.123. The van der Waals surface area contributed by atoms with Crippen LogP contribution in [0.3, 0.4) is 0 Å². The van der Waals surface area contributed by atoms with E-state index in [-0.39, 0.29) is 17.4 Å². The molecule has 2 atom stereocenters. The molecule has 1 aliphatic carbocycles. The Morgan fingerprint density at radius 1 is 1.45 bits per heavy atom. The molecule has 4 heteroatoms. The SMILES string of the molecule is CCCC(C(N)=O)N1OC(C)C2(CC2)c2cc(CC)ccc21. The fourth-order valence-corrected chi connectivity index (χ4v) is 3.64. The van der Waals surface area contributed by atoms with Crippen molar-refractivity contribution in [3.63, 3.8) is 0 Å². The van der Waals surface area contributed by atoms with E-state index in [1.807, 2.05) is 0 Å². The predicted molar refractivity (Wildman–Crippen MR) is 87.6 cm³/mol. The summed E-state index contributed by atoms with van der Waals surface area (Å²) >= 11 is 0. The second-order valence-corrected chi connectivity index (χ2v) is 6.64. The Morgan fingerprint density at radius 3 is 2.73 bits per heavy atom. The summed E-state index contributed by atoms with van der Waals surface area (Å²) in [5.74, 6) is -0.314. The van der Waals surface area contributed by atoms with Gasteiger partial charge in [0.05, 0.1) is 11.8 Å². The van der Waals surface area contributed by atoms with Gasteiger partial charge in [0.15, 0.2) is 0 Å². The zero-order chi connectivity index (χ0) is 15.9. The first-order valence-corrected chi connectivity index (χ1v) is 8.42. The summed E-state index contributed by atoms with van der Waals surface area (Å²) in [7, 11) is 0. The van der Waals surface area contributed by atoms with Crippen molar-refractivity contribution in [3.8, 4) is 0 Å². The van der Waals surface area contributed by atoms with E-state index >= 15 is 0 Å². The van der Waals surface area contributed by atoms with Gasteiger partial charge in [-0.15, -0.1) is 0 Å². The summed E-state index contributed by atoms with van der Waals surface area (Å²) in [6.07, 6.45) is 5.05. The van der Waals surface area contributed by atoms with Crippen LogP contribution in [0.1, 0.15) is 57.6 Å². The molecule has 22 heavy (non-hydrogen) atoms. The molecule has 1 fully saturated rings. The Kier molecular flexibility index (Phi) is 3.89. The molecule has 4 nitrogen and oxygen atoms in total. The molecular formula is C18H26N2O2. The minimum Gasteiger partial charge on any atom is -0.368 e. The van der Waals surface area contributed by atoms with Crippen LogP contribution in [0.4, 0.5) is 5.69 Å². The number of amides is 1. The Hall–Kier alpha value is -1.55. The standard InChI is InChI=1S/C18H26N2O2/c1-4-6-16(17(19)21)20-15-8-7-13(5-2)11-14(15)18(9-10-18)12(3)22-20/h7-8,11-12,16H,4-6,9-10H2,1-3H3,(H2,19,21). The minimum atomic E-state index is -0.394. The maximum atomic E-state index is 11.9. The first-order valence-electron chi connectivity index (χ1n) is 8.42. The van der Waals surface area contributed by atoms with E-state index < -0.39 is 6.04 Å². The molecule has 1 aromatic rings. The predicted octanol–water partition coefficient (Wildman–Crippen LogP) is 3.07. The molecule has 1 saturated carbocycles. The second kappa shape index (κ2) is 5.58. The molecule has 1 spiro atoms. The van der Waals surface area contributed by atoms with Crippen molar-refractivity contribution >= 4 is 11.6 Å². The summed E-state index contributed by atoms with van der Waals surface area (Å²) in [4.78, 5) is 18.1. The highest BCUT2D eigenvalue weighted by Gasteiger charge is 2.55. The van der Waals surface area contributed by atoms with Gasteiger partial charge in [0, 0.05) is 5.41 Å². The first kappa shape index (κ1) is 15.3. The van der Waals surface area contributed by atoms with Gasteiger partial charge >= 0.3 is 0 Å². The number of nitrogens with two attached hydrogens (primary N) is 1. The van der Waals surface area contributed by atoms with Crippen molar-refractivity contribution in [1.29, 1.82) is 0 Å². The monoisotopic (exact) mass is 302 g/mol. The van der Waals surface area contributed by atoms with Crippen molar-refractivity contribution in [1.82, 2.24) is 0 Å². The molecule has 2 unspecified atom stereocenters. The van der Waals surface area contributed by atoms with Gasteiger partial charge in [0.2, 0.25) is 5.91 Å². The minimum absolute atomic E-state index is 0.0887. The van der Waals surface area contributed by atoms with Gasteiger partial charge in [-0.1, -0.05) is 32.4 Å². The quantitative estimate of drug-likeness (QED) is 0.909. The third kappa shape index (κ3) is 2.30. The average molecular weight is 302 g/mol. The molecule has 0 aromatic heterocycles. The molecule has 1 amide bonds. The lowest BCUT2D eigenvalue weighted by atomic mass is 9.86. The molecule has 0 bridgehead atoms. The third-order valence-corrected chi connectivity index (χ3v) is 5.26. The van der Waals surface area contributed by atoms with Gasteiger partial charge in [-0.05, 0) is 49.8 Å². The van der Waals surface area contributed by atoms with Gasteiger partial charge < -0.3 is 5.73 Å².